The van der Waals surface area contributed by atoms with Crippen LogP contribution in [0.3, 0.4) is 0 Å². The zero-order valence-electron chi connectivity index (χ0n) is 16.7. The fraction of sp³-hybridized carbons (Fsp3) is 0.417. The van der Waals surface area contributed by atoms with Crippen molar-refractivity contribution in [1.29, 1.82) is 0 Å². The second-order valence-electron chi connectivity index (χ2n) is 7.24. The Kier molecular flexibility index (Phi) is 7.22. The first-order valence-electron chi connectivity index (χ1n) is 9.93. The summed E-state index contributed by atoms with van der Waals surface area (Å²) in [5, 5.41) is 0. The third-order valence-electron chi connectivity index (χ3n) is 5.41. The van der Waals surface area contributed by atoms with E-state index >= 15 is 0 Å². The molecule has 1 aliphatic rings. The highest BCUT2D eigenvalue weighted by Crippen LogP contribution is 2.37. The van der Waals surface area contributed by atoms with Crippen molar-refractivity contribution in [3.05, 3.63) is 64.5 Å². The summed E-state index contributed by atoms with van der Waals surface area (Å²) >= 11 is 0. The van der Waals surface area contributed by atoms with Gasteiger partial charge in [0.15, 0.2) is 11.6 Å². The van der Waals surface area contributed by atoms with Crippen molar-refractivity contribution in [3.63, 3.8) is 0 Å². The predicted molar refractivity (Wildman–Crippen MR) is 106 cm³/mol. The van der Waals surface area contributed by atoms with Gasteiger partial charge in [-0.2, -0.15) is 0 Å². The number of halogens is 3. The van der Waals surface area contributed by atoms with Gasteiger partial charge in [-0.15, -0.1) is 0 Å². The maximum absolute atomic E-state index is 14.5. The lowest BCUT2D eigenvalue weighted by molar-refractivity contribution is 0.131. The normalized spacial score (nSPS) is 18.8. The lowest BCUT2D eigenvalue weighted by Gasteiger charge is -2.26. The van der Waals surface area contributed by atoms with Crippen LogP contribution in [0, 0.1) is 35.2 Å². The van der Waals surface area contributed by atoms with E-state index in [9.17, 15) is 13.2 Å². The highest BCUT2D eigenvalue weighted by atomic mass is 19.2. The monoisotopic (exact) mass is 402 g/mol. The fourth-order valence-electron chi connectivity index (χ4n) is 3.70. The molecule has 1 saturated carbocycles. The van der Waals surface area contributed by atoms with Crippen LogP contribution in [-0.4, -0.2) is 13.7 Å². The number of benzene rings is 2. The van der Waals surface area contributed by atoms with Gasteiger partial charge in [-0.05, 0) is 56.2 Å². The summed E-state index contributed by atoms with van der Waals surface area (Å²) < 4.78 is 53.0. The van der Waals surface area contributed by atoms with Crippen LogP contribution in [-0.2, 0) is 11.3 Å². The number of hydrogen-bond donors (Lipinski definition) is 0. The van der Waals surface area contributed by atoms with E-state index in [2.05, 4.69) is 11.8 Å². The summed E-state index contributed by atoms with van der Waals surface area (Å²) in [7, 11) is 1.49. The van der Waals surface area contributed by atoms with Crippen LogP contribution in [0.2, 0.25) is 0 Å². The molecule has 0 heterocycles. The molecule has 0 aromatic heterocycles. The molecule has 0 saturated heterocycles. The minimum Gasteiger partial charge on any atom is -0.497 e. The van der Waals surface area contributed by atoms with Gasteiger partial charge in [0.05, 0.1) is 19.3 Å². The van der Waals surface area contributed by atoms with E-state index in [0.717, 1.165) is 25.7 Å². The second-order valence-corrected chi connectivity index (χ2v) is 7.24. The van der Waals surface area contributed by atoms with Crippen molar-refractivity contribution in [2.75, 3.05) is 13.7 Å². The SMILES string of the molecule is CCOCc1ccc(C2CCC(C#Cc3ccc(OC)cc3F)CC2)c(F)c1F. The van der Waals surface area contributed by atoms with Gasteiger partial charge >= 0.3 is 0 Å². The Morgan fingerprint density at radius 1 is 1.00 bits per heavy atom. The average Bonchev–Trinajstić information content (AvgIpc) is 2.74. The zero-order chi connectivity index (χ0) is 20.8. The van der Waals surface area contributed by atoms with Crippen LogP contribution < -0.4 is 4.74 Å². The van der Waals surface area contributed by atoms with Crippen LogP contribution in [0.4, 0.5) is 13.2 Å². The Morgan fingerprint density at radius 2 is 1.76 bits per heavy atom. The minimum absolute atomic E-state index is 0.0265. The smallest absolute Gasteiger partial charge is 0.164 e. The standard InChI is InChI=1S/C24H25F3O2/c1-3-29-15-19-11-13-21(24(27)23(19)26)17-7-4-16(5-8-17)6-9-18-10-12-20(28-2)14-22(18)25/h10-14,16-17H,3-5,7-8,15H2,1-2H3. The molecule has 0 amide bonds. The van der Waals surface area contributed by atoms with Crippen molar-refractivity contribution in [3.8, 4) is 17.6 Å². The van der Waals surface area contributed by atoms with E-state index in [4.69, 9.17) is 9.47 Å². The molecule has 0 unspecified atom stereocenters. The minimum atomic E-state index is -0.812. The maximum Gasteiger partial charge on any atom is 0.164 e. The molecule has 0 radical (unpaired) electrons. The van der Waals surface area contributed by atoms with Gasteiger partial charge in [-0.3, -0.25) is 0 Å². The summed E-state index contributed by atoms with van der Waals surface area (Å²) in [6, 6.07) is 7.89. The molecule has 2 aromatic carbocycles. The van der Waals surface area contributed by atoms with Crippen molar-refractivity contribution >= 4 is 0 Å². The van der Waals surface area contributed by atoms with Crippen LogP contribution in [0.15, 0.2) is 30.3 Å². The van der Waals surface area contributed by atoms with E-state index < -0.39 is 17.5 Å². The van der Waals surface area contributed by atoms with E-state index in [1.54, 1.807) is 24.3 Å². The molecule has 2 aromatic rings. The molecule has 154 valence electrons. The first-order valence-corrected chi connectivity index (χ1v) is 9.93. The zero-order valence-corrected chi connectivity index (χ0v) is 16.7. The number of ether oxygens (including phenoxy) is 2. The van der Waals surface area contributed by atoms with E-state index in [-0.39, 0.29) is 24.0 Å². The van der Waals surface area contributed by atoms with Crippen LogP contribution >= 0.6 is 0 Å². The van der Waals surface area contributed by atoms with Crippen LogP contribution in [0.25, 0.3) is 0 Å². The van der Waals surface area contributed by atoms with Gasteiger partial charge < -0.3 is 9.47 Å². The Balaban J connectivity index is 1.63. The summed E-state index contributed by atoms with van der Waals surface area (Å²) in [6.45, 7) is 2.34. The molecule has 5 heteroatoms. The Morgan fingerprint density at radius 3 is 2.41 bits per heavy atom. The van der Waals surface area contributed by atoms with Crippen molar-refractivity contribution in [2.24, 2.45) is 5.92 Å². The Labute approximate surface area is 170 Å². The van der Waals surface area contributed by atoms with Gasteiger partial charge in [-0.1, -0.05) is 24.0 Å². The molecule has 0 atom stereocenters. The second kappa shape index (κ2) is 9.84. The lowest BCUT2D eigenvalue weighted by Crippen LogP contribution is -2.14. The summed E-state index contributed by atoms with van der Waals surface area (Å²) in [4.78, 5) is 0. The summed E-state index contributed by atoms with van der Waals surface area (Å²) in [5.41, 5.74) is 1.01. The highest BCUT2D eigenvalue weighted by Gasteiger charge is 2.25. The van der Waals surface area contributed by atoms with Crippen LogP contribution in [0.5, 0.6) is 5.75 Å². The molecule has 1 fully saturated rings. The Bertz CT molecular complexity index is 906. The molecular formula is C24H25F3O2. The van der Waals surface area contributed by atoms with E-state index in [1.807, 2.05) is 6.92 Å². The molecule has 2 nitrogen and oxygen atoms in total. The van der Waals surface area contributed by atoms with E-state index in [1.165, 1.54) is 13.2 Å². The highest BCUT2D eigenvalue weighted by molar-refractivity contribution is 5.40. The average molecular weight is 402 g/mol. The molecular weight excluding hydrogens is 377 g/mol. The largest absolute Gasteiger partial charge is 0.497 e. The van der Waals surface area contributed by atoms with Gasteiger partial charge in [0.2, 0.25) is 0 Å². The molecule has 0 aliphatic heterocycles. The van der Waals surface area contributed by atoms with Gasteiger partial charge in [0.1, 0.15) is 11.6 Å². The van der Waals surface area contributed by atoms with Crippen molar-refractivity contribution < 1.29 is 22.6 Å². The molecule has 3 rings (SSSR count). The molecule has 0 bridgehead atoms. The lowest BCUT2D eigenvalue weighted by atomic mass is 9.78. The molecule has 29 heavy (non-hydrogen) atoms. The van der Waals surface area contributed by atoms with Crippen molar-refractivity contribution in [1.82, 2.24) is 0 Å². The van der Waals surface area contributed by atoms with Crippen LogP contribution in [0.1, 0.15) is 55.2 Å². The number of hydrogen-bond acceptors (Lipinski definition) is 2. The fourth-order valence-corrected chi connectivity index (χ4v) is 3.70. The first-order chi connectivity index (χ1) is 14.0. The molecule has 1 aliphatic carbocycles. The quantitative estimate of drug-likeness (QED) is 0.573. The molecule has 0 N–H and O–H groups in total. The topological polar surface area (TPSA) is 18.5 Å². The third-order valence-corrected chi connectivity index (χ3v) is 5.41. The predicted octanol–water partition coefficient (Wildman–Crippen LogP) is 5.97. The number of methoxy groups -OCH3 is 1. The summed E-state index contributed by atoms with van der Waals surface area (Å²) in [5.74, 6) is 4.60. The molecule has 0 spiro atoms. The first kappa shape index (κ1) is 21.3. The number of rotatable bonds is 5. The Hall–Kier alpha value is -2.45. The maximum atomic E-state index is 14.5. The van der Waals surface area contributed by atoms with Gasteiger partial charge in [-0.25, -0.2) is 13.2 Å². The van der Waals surface area contributed by atoms with E-state index in [0.29, 0.717) is 23.5 Å². The third kappa shape index (κ3) is 5.13. The van der Waals surface area contributed by atoms with Gasteiger partial charge in [0, 0.05) is 24.2 Å². The van der Waals surface area contributed by atoms with Crippen molar-refractivity contribution in [2.45, 2.75) is 45.1 Å². The summed E-state index contributed by atoms with van der Waals surface area (Å²) in [6.07, 6.45) is 3.01. The van der Waals surface area contributed by atoms with Gasteiger partial charge in [0.25, 0.3) is 0 Å².